The molecule has 0 aliphatic heterocycles. The standard InChI is InChI=1S/C32H29N3O5S/c1-2-17-34-32(37)24-11-13-25(14-12-24)41(38,39)21-28-26-9-6-10-29(36)27(26)15-16-30(28)40-31(20-35-19-18-33-22-35)23-7-4-3-5-8-23/h1,3-5,7-8,11-16,18-19,22,31H,6,9-10,17,20-21H2,(H,34,37)/t31-/m1/s1. The minimum atomic E-state index is -3.87. The number of Topliss-reactive ketones (excluding diaryl/α,β-unsaturated/α-hetero) is 1. The van der Waals surface area contributed by atoms with E-state index in [1.165, 1.54) is 24.3 Å². The van der Waals surface area contributed by atoms with Crippen LogP contribution in [0.3, 0.4) is 0 Å². The van der Waals surface area contributed by atoms with Gasteiger partial charge in [0, 0.05) is 35.5 Å². The third-order valence-corrected chi connectivity index (χ3v) is 8.72. The molecule has 1 amide bonds. The largest absolute Gasteiger partial charge is 0.484 e. The number of terminal acetylenes is 1. The molecule has 1 aliphatic rings. The van der Waals surface area contributed by atoms with Crippen LogP contribution in [0.4, 0.5) is 0 Å². The van der Waals surface area contributed by atoms with E-state index in [-0.39, 0.29) is 28.9 Å². The van der Waals surface area contributed by atoms with Crippen molar-refractivity contribution in [3.8, 4) is 18.1 Å². The predicted octanol–water partition coefficient (Wildman–Crippen LogP) is 4.56. The molecule has 1 atom stereocenters. The number of sulfone groups is 1. The molecule has 1 N–H and O–H groups in total. The molecule has 0 saturated heterocycles. The molecule has 0 radical (unpaired) electrons. The number of nitrogens with one attached hydrogen (secondary N) is 1. The Labute approximate surface area is 239 Å². The van der Waals surface area contributed by atoms with E-state index < -0.39 is 15.9 Å². The number of benzene rings is 3. The van der Waals surface area contributed by atoms with E-state index in [4.69, 9.17) is 11.2 Å². The summed E-state index contributed by atoms with van der Waals surface area (Å²) in [6.45, 7) is 0.528. The number of ketones is 1. The van der Waals surface area contributed by atoms with Crippen LogP contribution in [0.15, 0.2) is 90.3 Å². The second-order valence-corrected chi connectivity index (χ2v) is 11.8. The number of rotatable bonds is 10. The first-order valence-corrected chi connectivity index (χ1v) is 14.9. The van der Waals surface area contributed by atoms with Gasteiger partial charge in [-0.1, -0.05) is 36.3 Å². The van der Waals surface area contributed by atoms with Gasteiger partial charge in [-0.15, -0.1) is 6.42 Å². The zero-order valence-electron chi connectivity index (χ0n) is 22.3. The summed E-state index contributed by atoms with van der Waals surface area (Å²) >= 11 is 0. The van der Waals surface area contributed by atoms with Crippen LogP contribution in [0.5, 0.6) is 5.75 Å². The highest BCUT2D eigenvalue weighted by Gasteiger charge is 2.28. The summed E-state index contributed by atoms with van der Waals surface area (Å²) in [5.74, 6) is 2.01. The smallest absolute Gasteiger partial charge is 0.252 e. The number of aromatic nitrogens is 2. The van der Waals surface area contributed by atoms with E-state index in [9.17, 15) is 18.0 Å². The summed E-state index contributed by atoms with van der Waals surface area (Å²) in [6, 6.07) is 18.9. The Hall–Kier alpha value is -4.68. The SMILES string of the molecule is C#CCNC(=O)c1ccc(S(=O)(=O)Cc2c(O[C@H](Cn3ccnc3)c3ccccc3)ccc3c2CCCC3=O)cc1. The van der Waals surface area contributed by atoms with E-state index in [1.807, 2.05) is 41.1 Å². The fourth-order valence-electron chi connectivity index (χ4n) is 4.99. The molecule has 4 aromatic rings. The van der Waals surface area contributed by atoms with Crippen LogP contribution in [0, 0.1) is 12.3 Å². The first kappa shape index (κ1) is 27.9. The number of fused-ring (bicyclic) bond motifs is 1. The molecule has 41 heavy (non-hydrogen) atoms. The van der Waals surface area contributed by atoms with Gasteiger partial charge in [-0.2, -0.15) is 0 Å². The fourth-order valence-corrected chi connectivity index (χ4v) is 6.40. The van der Waals surface area contributed by atoms with E-state index in [0.29, 0.717) is 53.8 Å². The minimum Gasteiger partial charge on any atom is -0.484 e. The molecule has 0 saturated carbocycles. The Morgan fingerprint density at radius 1 is 1.07 bits per heavy atom. The molecule has 1 heterocycles. The Morgan fingerprint density at radius 2 is 1.85 bits per heavy atom. The van der Waals surface area contributed by atoms with Gasteiger partial charge >= 0.3 is 0 Å². The number of carbonyl (C=O) groups excluding carboxylic acids is 2. The lowest BCUT2D eigenvalue weighted by molar-refractivity contribution is 0.0954. The topological polar surface area (TPSA) is 107 Å². The van der Waals surface area contributed by atoms with Crippen molar-refractivity contribution in [1.82, 2.24) is 14.9 Å². The van der Waals surface area contributed by atoms with Gasteiger partial charge in [0.2, 0.25) is 0 Å². The maximum atomic E-state index is 13.7. The van der Waals surface area contributed by atoms with Gasteiger partial charge in [-0.25, -0.2) is 13.4 Å². The van der Waals surface area contributed by atoms with Gasteiger partial charge in [0.05, 0.1) is 30.1 Å². The average Bonchev–Trinajstić information content (AvgIpc) is 3.50. The van der Waals surface area contributed by atoms with Crippen LogP contribution < -0.4 is 10.1 Å². The summed E-state index contributed by atoms with van der Waals surface area (Å²) < 4.78 is 35.9. The Kier molecular flexibility index (Phi) is 8.31. The first-order chi connectivity index (χ1) is 19.9. The van der Waals surface area contributed by atoms with Gasteiger partial charge in [-0.3, -0.25) is 9.59 Å². The molecule has 5 rings (SSSR count). The van der Waals surface area contributed by atoms with Crippen molar-refractivity contribution in [2.24, 2.45) is 0 Å². The summed E-state index contributed by atoms with van der Waals surface area (Å²) in [5.41, 5.74) is 2.96. The molecule has 8 nitrogen and oxygen atoms in total. The van der Waals surface area contributed by atoms with Crippen LogP contribution in [0.25, 0.3) is 0 Å². The van der Waals surface area contributed by atoms with Gasteiger partial charge in [0.25, 0.3) is 5.91 Å². The predicted molar refractivity (Wildman–Crippen MR) is 154 cm³/mol. The van der Waals surface area contributed by atoms with Crippen molar-refractivity contribution in [2.45, 2.75) is 42.6 Å². The maximum absolute atomic E-state index is 13.7. The van der Waals surface area contributed by atoms with E-state index in [1.54, 1.807) is 24.7 Å². The number of ether oxygens (including phenoxy) is 1. The second kappa shape index (κ2) is 12.2. The molecule has 1 aromatic heterocycles. The highest BCUT2D eigenvalue weighted by Crippen LogP contribution is 2.36. The zero-order valence-corrected chi connectivity index (χ0v) is 23.1. The van der Waals surface area contributed by atoms with Crippen LogP contribution in [-0.4, -0.2) is 36.2 Å². The van der Waals surface area contributed by atoms with Crippen LogP contribution in [0.2, 0.25) is 0 Å². The Bertz CT molecular complexity index is 1690. The fraction of sp³-hybridized carbons (Fsp3) is 0.219. The Morgan fingerprint density at radius 3 is 2.56 bits per heavy atom. The van der Waals surface area contributed by atoms with Gasteiger partial charge in [0.1, 0.15) is 11.9 Å². The second-order valence-electron chi connectivity index (χ2n) is 9.79. The molecular weight excluding hydrogens is 538 g/mol. The van der Waals surface area contributed by atoms with Crippen molar-refractivity contribution in [3.63, 3.8) is 0 Å². The summed E-state index contributed by atoms with van der Waals surface area (Å²) in [6.07, 6.45) is 11.6. The van der Waals surface area contributed by atoms with E-state index in [2.05, 4.69) is 16.2 Å². The quantitative estimate of drug-likeness (QED) is 0.282. The lowest BCUT2D eigenvalue weighted by Crippen LogP contribution is -2.23. The van der Waals surface area contributed by atoms with Gasteiger partial charge < -0.3 is 14.6 Å². The normalized spacial score (nSPS) is 13.6. The molecule has 9 heteroatoms. The molecule has 208 valence electrons. The van der Waals surface area contributed by atoms with Crippen molar-refractivity contribution >= 4 is 21.5 Å². The highest BCUT2D eigenvalue weighted by molar-refractivity contribution is 7.90. The third kappa shape index (κ3) is 6.39. The van der Waals surface area contributed by atoms with Crippen molar-refractivity contribution in [3.05, 3.63) is 113 Å². The van der Waals surface area contributed by atoms with Crippen LogP contribution in [0.1, 0.15) is 56.4 Å². The maximum Gasteiger partial charge on any atom is 0.252 e. The minimum absolute atomic E-state index is 0.00296. The van der Waals surface area contributed by atoms with Crippen molar-refractivity contribution in [2.75, 3.05) is 6.54 Å². The third-order valence-electron chi connectivity index (χ3n) is 7.06. The molecular formula is C32H29N3O5S. The number of amides is 1. The van der Waals surface area contributed by atoms with Crippen molar-refractivity contribution in [1.29, 1.82) is 0 Å². The molecule has 3 aromatic carbocycles. The van der Waals surface area contributed by atoms with Crippen LogP contribution in [-0.2, 0) is 28.6 Å². The lowest BCUT2D eigenvalue weighted by atomic mass is 9.87. The van der Waals surface area contributed by atoms with Gasteiger partial charge in [-0.05, 0) is 60.4 Å². The average molecular weight is 568 g/mol. The lowest BCUT2D eigenvalue weighted by Gasteiger charge is -2.25. The number of imidazole rings is 1. The zero-order chi connectivity index (χ0) is 28.8. The van der Waals surface area contributed by atoms with Gasteiger partial charge in [0.15, 0.2) is 15.6 Å². The molecule has 0 unspecified atom stereocenters. The van der Waals surface area contributed by atoms with Crippen LogP contribution >= 0.6 is 0 Å². The Balaban J connectivity index is 1.51. The summed E-state index contributed by atoms with van der Waals surface area (Å²) in [7, 11) is -3.87. The molecule has 1 aliphatic carbocycles. The molecule has 0 fully saturated rings. The van der Waals surface area contributed by atoms with Crippen molar-refractivity contribution < 1.29 is 22.7 Å². The molecule has 0 bridgehead atoms. The number of carbonyl (C=O) groups is 2. The number of hydrogen-bond donors (Lipinski definition) is 1. The molecule has 0 spiro atoms. The van der Waals surface area contributed by atoms with E-state index >= 15 is 0 Å². The number of nitrogens with zero attached hydrogens (tertiary/aromatic N) is 2. The summed E-state index contributed by atoms with van der Waals surface area (Å²) in [5, 5.41) is 2.56. The summed E-state index contributed by atoms with van der Waals surface area (Å²) in [4.78, 5) is 29.2. The van der Waals surface area contributed by atoms with E-state index in [0.717, 1.165) is 5.56 Å². The first-order valence-electron chi connectivity index (χ1n) is 13.3. The monoisotopic (exact) mass is 567 g/mol. The number of hydrogen-bond acceptors (Lipinski definition) is 6. The highest BCUT2D eigenvalue weighted by atomic mass is 32.2.